The van der Waals surface area contributed by atoms with Gasteiger partial charge in [-0.05, 0) is 25.2 Å². The van der Waals surface area contributed by atoms with Gasteiger partial charge < -0.3 is 9.64 Å². The molecule has 0 aliphatic carbocycles. The first-order valence-electron chi connectivity index (χ1n) is 11.9. The molecule has 0 N–H and O–H groups in total. The van der Waals surface area contributed by atoms with Crippen molar-refractivity contribution in [1.29, 1.82) is 0 Å². The average molecular weight is 384 g/mol. The summed E-state index contributed by atoms with van der Waals surface area (Å²) in [7, 11) is 0. The average Bonchev–Trinajstić information content (AvgIpc) is 2.63. The van der Waals surface area contributed by atoms with Crippen LogP contribution in [0, 0.1) is 11.8 Å². The Kier molecular flexibility index (Phi) is 16.9. The van der Waals surface area contributed by atoms with Gasteiger partial charge in [-0.2, -0.15) is 0 Å². The van der Waals surface area contributed by atoms with Crippen LogP contribution in [0.1, 0.15) is 119 Å². The zero-order valence-corrected chi connectivity index (χ0v) is 19.4. The second-order valence-corrected chi connectivity index (χ2v) is 8.81. The van der Waals surface area contributed by atoms with Crippen LogP contribution in [0.5, 0.6) is 0 Å². The lowest BCUT2D eigenvalue weighted by molar-refractivity contribution is 0.0191. The van der Waals surface area contributed by atoms with E-state index in [-0.39, 0.29) is 12.2 Å². The van der Waals surface area contributed by atoms with E-state index in [2.05, 4.69) is 34.6 Å². The quantitative estimate of drug-likeness (QED) is 0.239. The van der Waals surface area contributed by atoms with Gasteiger partial charge in [0.1, 0.15) is 6.10 Å². The van der Waals surface area contributed by atoms with Crippen molar-refractivity contribution in [3.05, 3.63) is 0 Å². The van der Waals surface area contributed by atoms with Gasteiger partial charge in [-0.25, -0.2) is 4.79 Å². The number of carbonyl (C=O) groups excluding carboxylic acids is 1. The summed E-state index contributed by atoms with van der Waals surface area (Å²) in [4.78, 5) is 14.3. The summed E-state index contributed by atoms with van der Waals surface area (Å²) in [5, 5.41) is 0. The molecule has 0 bridgehead atoms. The minimum Gasteiger partial charge on any atom is -0.446 e. The second kappa shape index (κ2) is 17.4. The summed E-state index contributed by atoms with van der Waals surface area (Å²) >= 11 is 0. The zero-order chi connectivity index (χ0) is 20.5. The van der Waals surface area contributed by atoms with E-state index >= 15 is 0 Å². The highest BCUT2D eigenvalue weighted by Gasteiger charge is 2.24. The summed E-state index contributed by atoms with van der Waals surface area (Å²) in [6.07, 6.45) is 16.0. The molecule has 0 spiro atoms. The molecule has 0 aromatic heterocycles. The summed E-state index contributed by atoms with van der Waals surface area (Å²) in [6, 6.07) is 0. The molecule has 162 valence electrons. The molecular weight excluding hydrogens is 334 g/mol. The van der Waals surface area contributed by atoms with Gasteiger partial charge >= 0.3 is 6.09 Å². The SMILES string of the molecule is CCCCCCCCCCCCCCN(CC)C(=O)OC(C(C)C)C(C)C. The van der Waals surface area contributed by atoms with Gasteiger partial charge in [-0.3, -0.25) is 0 Å². The first kappa shape index (κ1) is 26.3. The fourth-order valence-corrected chi connectivity index (χ4v) is 3.76. The molecular formula is C24H49NO2. The van der Waals surface area contributed by atoms with E-state index in [1.54, 1.807) is 0 Å². The largest absolute Gasteiger partial charge is 0.446 e. The lowest BCUT2D eigenvalue weighted by Gasteiger charge is -2.29. The Balaban J connectivity index is 3.74. The van der Waals surface area contributed by atoms with Crippen LogP contribution in [0.3, 0.4) is 0 Å². The van der Waals surface area contributed by atoms with E-state index in [0.29, 0.717) is 11.8 Å². The molecule has 0 atom stereocenters. The van der Waals surface area contributed by atoms with Crippen molar-refractivity contribution >= 4 is 6.09 Å². The Morgan fingerprint density at radius 1 is 0.704 bits per heavy atom. The molecule has 0 aromatic rings. The zero-order valence-electron chi connectivity index (χ0n) is 19.4. The van der Waals surface area contributed by atoms with Gasteiger partial charge in [0.05, 0.1) is 0 Å². The lowest BCUT2D eigenvalue weighted by Crippen LogP contribution is -2.38. The molecule has 0 saturated carbocycles. The number of nitrogens with zero attached hydrogens (tertiary/aromatic N) is 1. The molecule has 0 heterocycles. The van der Waals surface area contributed by atoms with Crippen LogP contribution < -0.4 is 0 Å². The van der Waals surface area contributed by atoms with Gasteiger partial charge in [0, 0.05) is 13.1 Å². The maximum absolute atomic E-state index is 12.4. The Labute approximate surface area is 170 Å². The van der Waals surface area contributed by atoms with E-state index in [1.165, 1.54) is 70.6 Å². The number of hydrogen-bond donors (Lipinski definition) is 0. The topological polar surface area (TPSA) is 29.5 Å². The minimum absolute atomic E-state index is 0.00789. The lowest BCUT2D eigenvalue weighted by atomic mass is 9.96. The molecule has 0 unspecified atom stereocenters. The second-order valence-electron chi connectivity index (χ2n) is 8.81. The summed E-state index contributed by atoms with van der Waals surface area (Å²) in [5.41, 5.74) is 0. The van der Waals surface area contributed by atoms with E-state index < -0.39 is 0 Å². The molecule has 0 saturated heterocycles. The Bertz CT molecular complexity index is 333. The molecule has 0 aliphatic heterocycles. The fourth-order valence-electron chi connectivity index (χ4n) is 3.76. The number of amides is 1. The number of ether oxygens (including phenoxy) is 1. The maximum atomic E-state index is 12.4. The van der Waals surface area contributed by atoms with Crippen LogP contribution in [0.4, 0.5) is 4.79 Å². The monoisotopic (exact) mass is 383 g/mol. The highest BCUT2D eigenvalue weighted by atomic mass is 16.6. The van der Waals surface area contributed by atoms with Gasteiger partial charge in [0.25, 0.3) is 0 Å². The summed E-state index contributed by atoms with van der Waals surface area (Å²) < 4.78 is 5.77. The van der Waals surface area contributed by atoms with Gasteiger partial charge in [-0.1, -0.05) is 105 Å². The van der Waals surface area contributed by atoms with Crippen molar-refractivity contribution < 1.29 is 9.53 Å². The van der Waals surface area contributed by atoms with Gasteiger partial charge in [-0.15, -0.1) is 0 Å². The normalized spacial score (nSPS) is 11.6. The molecule has 3 heteroatoms. The van der Waals surface area contributed by atoms with Gasteiger partial charge in [0.15, 0.2) is 0 Å². The first-order valence-corrected chi connectivity index (χ1v) is 11.9. The minimum atomic E-state index is -0.132. The number of hydrogen-bond acceptors (Lipinski definition) is 2. The molecule has 27 heavy (non-hydrogen) atoms. The third kappa shape index (κ3) is 14.0. The molecule has 0 radical (unpaired) electrons. The standard InChI is InChI=1S/C24H49NO2/c1-7-9-10-11-12-13-14-15-16-17-18-19-20-25(8-2)24(26)27-23(21(3)4)22(5)6/h21-23H,7-20H2,1-6H3. The third-order valence-corrected chi connectivity index (χ3v) is 5.47. The molecule has 0 rings (SSSR count). The van der Waals surface area contributed by atoms with Crippen molar-refractivity contribution in [2.75, 3.05) is 13.1 Å². The summed E-state index contributed by atoms with van der Waals surface area (Å²) in [6.45, 7) is 14.4. The van der Waals surface area contributed by atoms with Crippen LogP contribution >= 0.6 is 0 Å². The predicted molar refractivity (Wildman–Crippen MR) is 118 cm³/mol. The van der Waals surface area contributed by atoms with Crippen LogP contribution in [-0.4, -0.2) is 30.2 Å². The molecule has 3 nitrogen and oxygen atoms in total. The molecule has 0 fully saturated rings. The van der Waals surface area contributed by atoms with Crippen LogP contribution in [0.25, 0.3) is 0 Å². The maximum Gasteiger partial charge on any atom is 0.410 e. The Morgan fingerprint density at radius 2 is 1.11 bits per heavy atom. The van der Waals surface area contributed by atoms with Crippen LogP contribution in [-0.2, 0) is 4.74 Å². The fraction of sp³-hybridized carbons (Fsp3) is 0.958. The highest BCUT2D eigenvalue weighted by Crippen LogP contribution is 2.18. The van der Waals surface area contributed by atoms with Crippen molar-refractivity contribution in [3.8, 4) is 0 Å². The van der Waals surface area contributed by atoms with E-state index in [9.17, 15) is 4.79 Å². The number of rotatable bonds is 17. The summed E-state index contributed by atoms with van der Waals surface area (Å²) in [5.74, 6) is 0.721. The molecule has 0 aromatic carbocycles. The Morgan fingerprint density at radius 3 is 1.48 bits per heavy atom. The van der Waals surface area contributed by atoms with Gasteiger partial charge in [0.2, 0.25) is 0 Å². The number of carbonyl (C=O) groups is 1. The van der Waals surface area contributed by atoms with Crippen LogP contribution in [0.2, 0.25) is 0 Å². The van der Waals surface area contributed by atoms with Crippen molar-refractivity contribution in [2.24, 2.45) is 11.8 Å². The van der Waals surface area contributed by atoms with Crippen LogP contribution in [0.15, 0.2) is 0 Å². The van der Waals surface area contributed by atoms with E-state index in [0.717, 1.165) is 19.5 Å². The van der Waals surface area contributed by atoms with E-state index in [4.69, 9.17) is 4.74 Å². The van der Waals surface area contributed by atoms with Crippen molar-refractivity contribution in [1.82, 2.24) is 4.90 Å². The first-order chi connectivity index (χ1) is 12.9. The number of unbranched alkanes of at least 4 members (excludes halogenated alkanes) is 11. The smallest absolute Gasteiger partial charge is 0.410 e. The molecule has 1 amide bonds. The predicted octanol–water partition coefficient (Wildman–Crippen LogP) is 7.83. The van der Waals surface area contributed by atoms with E-state index in [1.807, 2.05) is 11.8 Å². The molecule has 0 aliphatic rings. The third-order valence-electron chi connectivity index (χ3n) is 5.47. The van der Waals surface area contributed by atoms with Crippen molar-refractivity contribution in [2.45, 2.75) is 125 Å². The Hall–Kier alpha value is -0.730. The highest BCUT2D eigenvalue weighted by molar-refractivity contribution is 5.67. The van der Waals surface area contributed by atoms with Crippen molar-refractivity contribution in [3.63, 3.8) is 0 Å².